The lowest BCUT2D eigenvalue weighted by atomic mass is 9.88. The Labute approximate surface area is 215 Å². The fourth-order valence-corrected chi connectivity index (χ4v) is 5.37. The maximum absolute atomic E-state index is 6.37. The Hall–Kier alpha value is -3.45. The zero-order valence-corrected chi connectivity index (χ0v) is 20.6. The minimum Gasteiger partial charge on any atom is -0.453 e. The van der Waals surface area contributed by atoms with Gasteiger partial charge in [0.2, 0.25) is 4.96 Å². The lowest BCUT2D eigenvalue weighted by molar-refractivity contribution is 0.595. The molecule has 0 radical (unpaired) electrons. The minimum absolute atomic E-state index is 0.134. The Morgan fingerprint density at radius 3 is 2.17 bits per heavy atom. The van der Waals surface area contributed by atoms with Gasteiger partial charge in [0.15, 0.2) is 16.6 Å². The molecule has 8 heteroatoms. The summed E-state index contributed by atoms with van der Waals surface area (Å²) >= 11 is 14.0. The number of rotatable bonds is 6. The lowest BCUT2D eigenvalue weighted by Gasteiger charge is -2.16. The molecule has 6 rings (SSSR count). The van der Waals surface area contributed by atoms with Crippen molar-refractivity contribution in [2.24, 2.45) is 0 Å². The molecular weight excluding hydrogens is 499 g/mol. The normalized spacial score (nSPS) is 11.5. The highest BCUT2D eigenvalue weighted by atomic mass is 35.5. The Morgan fingerprint density at radius 1 is 0.771 bits per heavy atom. The van der Waals surface area contributed by atoms with E-state index in [9.17, 15) is 0 Å². The first-order valence-corrected chi connectivity index (χ1v) is 12.6. The van der Waals surface area contributed by atoms with Crippen LogP contribution in [0, 0.1) is 0 Å². The second kappa shape index (κ2) is 9.30. The molecule has 172 valence electrons. The van der Waals surface area contributed by atoms with Crippen molar-refractivity contribution in [3.63, 3.8) is 0 Å². The largest absolute Gasteiger partial charge is 0.453 e. The van der Waals surface area contributed by atoms with Crippen molar-refractivity contribution >= 4 is 39.5 Å². The van der Waals surface area contributed by atoms with E-state index in [4.69, 9.17) is 32.7 Å². The van der Waals surface area contributed by atoms with Crippen molar-refractivity contribution in [1.82, 2.24) is 19.8 Å². The van der Waals surface area contributed by atoms with E-state index < -0.39 is 0 Å². The van der Waals surface area contributed by atoms with Crippen LogP contribution in [-0.4, -0.2) is 19.8 Å². The Bertz CT molecular complexity index is 1570. The molecule has 0 amide bonds. The average Bonchev–Trinajstić information content (AvgIpc) is 3.62. The molecule has 3 aromatic carbocycles. The summed E-state index contributed by atoms with van der Waals surface area (Å²) in [5.74, 6) is 2.20. The van der Waals surface area contributed by atoms with Gasteiger partial charge < -0.3 is 4.42 Å². The molecule has 0 fully saturated rings. The quantitative estimate of drug-likeness (QED) is 0.226. The highest BCUT2D eigenvalue weighted by Crippen LogP contribution is 2.37. The van der Waals surface area contributed by atoms with Gasteiger partial charge in [-0.1, -0.05) is 101 Å². The molecule has 0 aliphatic carbocycles. The number of aromatic nitrogens is 4. The van der Waals surface area contributed by atoms with Gasteiger partial charge in [-0.3, -0.25) is 0 Å². The molecule has 0 bridgehead atoms. The maximum Gasteiger partial charge on any atom is 0.235 e. The van der Waals surface area contributed by atoms with E-state index in [1.807, 2.05) is 40.9 Å². The summed E-state index contributed by atoms with van der Waals surface area (Å²) in [7, 11) is 0. The van der Waals surface area contributed by atoms with E-state index in [-0.39, 0.29) is 5.92 Å². The molecule has 0 aliphatic rings. The highest BCUT2D eigenvalue weighted by Gasteiger charge is 2.21. The Morgan fingerprint density at radius 2 is 1.46 bits per heavy atom. The molecule has 6 aromatic rings. The number of nitrogens with zero attached hydrogens (tertiary/aromatic N) is 4. The summed E-state index contributed by atoms with van der Waals surface area (Å²) in [4.78, 5) is 0.716. The lowest BCUT2D eigenvalue weighted by Crippen LogP contribution is -2.08. The first-order chi connectivity index (χ1) is 17.2. The summed E-state index contributed by atoms with van der Waals surface area (Å²) in [5.41, 5.74) is 3.18. The van der Waals surface area contributed by atoms with Crippen LogP contribution in [0.5, 0.6) is 0 Å². The number of hydrogen-bond acceptors (Lipinski definition) is 5. The van der Waals surface area contributed by atoms with E-state index in [1.165, 1.54) is 22.5 Å². The Kier molecular flexibility index (Phi) is 5.86. The summed E-state index contributed by atoms with van der Waals surface area (Å²) in [6.07, 6.45) is 0.667. The summed E-state index contributed by atoms with van der Waals surface area (Å²) < 4.78 is 7.91. The molecule has 35 heavy (non-hydrogen) atoms. The fraction of sp³-hybridized carbons (Fsp3) is 0.0741. The van der Waals surface area contributed by atoms with Gasteiger partial charge in [0.05, 0.1) is 10.0 Å². The van der Waals surface area contributed by atoms with Crippen LogP contribution >= 0.6 is 34.5 Å². The highest BCUT2D eigenvalue weighted by molar-refractivity contribution is 7.19. The van der Waals surface area contributed by atoms with Crippen LogP contribution in [0.2, 0.25) is 10.0 Å². The van der Waals surface area contributed by atoms with E-state index in [0.717, 1.165) is 16.4 Å². The topological polar surface area (TPSA) is 56.2 Å². The van der Waals surface area contributed by atoms with Gasteiger partial charge in [-0.05, 0) is 35.4 Å². The van der Waals surface area contributed by atoms with Gasteiger partial charge in [0.25, 0.3) is 0 Å². The second-order valence-electron chi connectivity index (χ2n) is 8.06. The standard InChI is InChI=1S/C27H18Cl2N4OS/c28-21-13-7-12-19(25(21)29)22-14-15-23(34-22)26-32-33-24(30-31-27(33)35-26)16-20(17-8-3-1-4-9-17)18-10-5-2-6-11-18/h1-15,20H,16H2. The number of halogens is 2. The average molecular weight is 517 g/mol. The van der Waals surface area contributed by atoms with Gasteiger partial charge in [0, 0.05) is 17.9 Å². The molecule has 0 atom stereocenters. The van der Waals surface area contributed by atoms with Gasteiger partial charge in [0.1, 0.15) is 5.76 Å². The molecule has 0 aliphatic heterocycles. The zero-order chi connectivity index (χ0) is 23.8. The van der Waals surface area contributed by atoms with E-state index in [1.54, 1.807) is 6.07 Å². The SMILES string of the molecule is Clc1cccc(-c2ccc(-c3nn4c(CC(c5ccccc5)c5ccccc5)nnc4s3)o2)c1Cl. The fourth-order valence-electron chi connectivity index (χ4n) is 4.16. The number of fused-ring (bicyclic) bond motifs is 1. The third kappa shape index (κ3) is 4.25. The second-order valence-corrected chi connectivity index (χ2v) is 9.80. The Balaban J connectivity index is 1.34. The molecule has 3 aromatic heterocycles. The molecule has 0 spiro atoms. The maximum atomic E-state index is 6.37. The van der Waals surface area contributed by atoms with E-state index >= 15 is 0 Å². The minimum atomic E-state index is 0.134. The predicted octanol–water partition coefficient (Wildman–Crippen LogP) is 7.79. The van der Waals surface area contributed by atoms with Gasteiger partial charge in [-0.25, -0.2) is 0 Å². The van der Waals surface area contributed by atoms with Crippen LogP contribution in [0.15, 0.2) is 95.4 Å². The third-order valence-corrected chi connectivity index (χ3v) is 7.61. The van der Waals surface area contributed by atoms with Crippen LogP contribution in [0.3, 0.4) is 0 Å². The third-order valence-electron chi connectivity index (χ3n) is 5.88. The summed E-state index contributed by atoms with van der Waals surface area (Å²) in [5, 5.41) is 15.3. The van der Waals surface area contributed by atoms with Crippen molar-refractivity contribution in [3.05, 3.63) is 118 Å². The molecular formula is C27H18Cl2N4OS. The number of benzene rings is 3. The van der Waals surface area contributed by atoms with Gasteiger partial charge >= 0.3 is 0 Å². The molecule has 3 heterocycles. The van der Waals surface area contributed by atoms with Crippen LogP contribution in [-0.2, 0) is 6.42 Å². The number of hydrogen-bond donors (Lipinski definition) is 0. The van der Waals surface area contributed by atoms with Crippen molar-refractivity contribution < 1.29 is 4.42 Å². The monoisotopic (exact) mass is 516 g/mol. The van der Waals surface area contributed by atoms with Crippen LogP contribution < -0.4 is 0 Å². The van der Waals surface area contributed by atoms with Crippen molar-refractivity contribution in [1.29, 1.82) is 0 Å². The van der Waals surface area contributed by atoms with Crippen LogP contribution in [0.25, 0.3) is 27.1 Å². The molecule has 0 N–H and O–H groups in total. The first kappa shape index (κ1) is 22.0. The zero-order valence-electron chi connectivity index (χ0n) is 18.3. The van der Waals surface area contributed by atoms with Gasteiger partial charge in [-0.2, -0.15) is 4.52 Å². The van der Waals surface area contributed by atoms with E-state index in [2.05, 4.69) is 58.7 Å². The first-order valence-electron chi connectivity index (χ1n) is 11.0. The van der Waals surface area contributed by atoms with Crippen LogP contribution in [0.1, 0.15) is 22.9 Å². The van der Waals surface area contributed by atoms with Crippen molar-refractivity contribution in [3.8, 4) is 22.1 Å². The summed E-state index contributed by atoms with van der Waals surface area (Å²) in [6, 6.07) is 30.1. The molecule has 5 nitrogen and oxygen atoms in total. The molecule has 0 saturated heterocycles. The van der Waals surface area contributed by atoms with Gasteiger partial charge in [-0.15, -0.1) is 15.3 Å². The van der Waals surface area contributed by atoms with Crippen molar-refractivity contribution in [2.75, 3.05) is 0 Å². The number of furan rings is 1. The molecule has 0 unspecified atom stereocenters. The van der Waals surface area contributed by atoms with Crippen LogP contribution in [0.4, 0.5) is 0 Å². The molecule has 0 saturated carbocycles. The van der Waals surface area contributed by atoms with Crippen molar-refractivity contribution in [2.45, 2.75) is 12.3 Å². The van der Waals surface area contributed by atoms with E-state index in [0.29, 0.717) is 32.9 Å². The predicted molar refractivity (Wildman–Crippen MR) is 140 cm³/mol. The summed E-state index contributed by atoms with van der Waals surface area (Å²) in [6.45, 7) is 0. The smallest absolute Gasteiger partial charge is 0.235 e.